The molecule has 2 amide bonds. The number of rotatable bonds is 2. The Morgan fingerprint density at radius 3 is 2.70 bits per heavy atom. The van der Waals surface area contributed by atoms with Crippen LogP contribution in [0.25, 0.3) is 5.57 Å². The molecule has 1 N–H and O–H groups in total. The van der Waals surface area contributed by atoms with Gasteiger partial charge in [0.05, 0.1) is 10.7 Å². The van der Waals surface area contributed by atoms with E-state index in [4.69, 9.17) is 11.6 Å². The van der Waals surface area contributed by atoms with Gasteiger partial charge in [-0.05, 0) is 43.2 Å². The molecule has 0 saturated carbocycles. The number of aromatic nitrogens is 1. The SMILES string of the molecule is Cc1ccc(NC(=O)N2CC=C(c3ncccc3Cl)CC2)cc1. The van der Waals surface area contributed by atoms with E-state index < -0.39 is 0 Å². The summed E-state index contributed by atoms with van der Waals surface area (Å²) < 4.78 is 0. The Kier molecular flexibility index (Phi) is 4.63. The fourth-order valence-corrected chi connectivity index (χ4v) is 2.77. The zero-order valence-electron chi connectivity index (χ0n) is 12.9. The number of hydrogen-bond acceptors (Lipinski definition) is 2. The first-order valence-electron chi connectivity index (χ1n) is 7.56. The fourth-order valence-electron chi connectivity index (χ4n) is 2.53. The summed E-state index contributed by atoms with van der Waals surface area (Å²) in [5.41, 5.74) is 3.88. The highest BCUT2D eigenvalue weighted by atomic mass is 35.5. The van der Waals surface area contributed by atoms with Crippen LogP contribution in [0.1, 0.15) is 17.7 Å². The molecule has 0 atom stereocenters. The van der Waals surface area contributed by atoms with Crippen LogP contribution in [0.4, 0.5) is 10.5 Å². The summed E-state index contributed by atoms with van der Waals surface area (Å²) in [5.74, 6) is 0. The lowest BCUT2D eigenvalue weighted by Crippen LogP contribution is -2.37. The van der Waals surface area contributed by atoms with Crippen molar-refractivity contribution in [3.8, 4) is 0 Å². The molecule has 0 aliphatic carbocycles. The second-order valence-corrected chi connectivity index (χ2v) is 5.96. The minimum atomic E-state index is -0.0868. The number of urea groups is 1. The standard InChI is InChI=1S/C18H18ClN3O/c1-13-4-6-15(7-5-13)21-18(23)22-11-8-14(9-12-22)17-16(19)3-2-10-20-17/h2-8,10H,9,11-12H2,1H3,(H,21,23). The average Bonchev–Trinajstić information content (AvgIpc) is 2.57. The van der Waals surface area contributed by atoms with Crippen molar-refractivity contribution >= 4 is 28.9 Å². The Morgan fingerprint density at radius 1 is 1.26 bits per heavy atom. The van der Waals surface area contributed by atoms with E-state index in [2.05, 4.69) is 10.3 Å². The predicted octanol–water partition coefficient (Wildman–Crippen LogP) is 4.36. The molecule has 0 saturated heterocycles. The number of nitrogens with one attached hydrogen (secondary N) is 1. The maximum Gasteiger partial charge on any atom is 0.322 e. The van der Waals surface area contributed by atoms with Crippen LogP contribution in [-0.2, 0) is 0 Å². The van der Waals surface area contributed by atoms with Gasteiger partial charge in [-0.15, -0.1) is 0 Å². The molecule has 0 fully saturated rings. The molecule has 1 aliphatic heterocycles. The smallest absolute Gasteiger partial charge is 0.320 e. The highest BCUT2D eigenvalue weighted by molar-refractivity contribution is 6.32. The summed E-state index contributed by atoms with van der Waals surface area (Å²) in [6.45, 7) is 3.22. The Morgan fingerprint density at radius 2 is 2.04 bits per heavy atom. The van der Waals surface area contributed by atoms with Crippen LogP contribution in [0.3, 0.4) is 0 Å². The van der Waals surface area contributed by atoms with Crippen molar-refractivity contribution in [2.75, 3.05) is 18.4 Å². The van der Waals surface area contributed by atoms with Crippen molar-refractivity contribution < 1.29 is 4.79 Å². The molecule has 0 spiro atoms. The van der Waals surface area contributed by atoms with Crippen LogP contribution < -0.4 is 5.32 Å². The van der Waals surface area contributed by atoms with Gasteiger partial charge in [0, 0.05) is 25.0 Å². The first-order valence-corrected chi connectivity index (χ1v) is 7.94. The number of halogens is 1. The zero-order chi connectivity index (χ0) is 16.2. The van der Waals surface area contributed by atoms with Gasteiger partial charge >= 0.3 is 6.03 Å². The predicted molar refractivity (Wildman–Crippen MR) is 93.6 cm³/mol. The minimum absolute atomic E-state index is 0.0868. The number of benzene rings is 1. The van der Waals surface area contributed by atoms with Crippen molar-refractivity contribution in [3.63, 3.8) is 0 Å². The van der Waals surface area contributed by atoms with Crippen LogP contribution in [0.2, 0.25) is 5.02 Å². The number of amides is 2. The van der Waals surface area contributed by atoms with Crippen LogP contribution in [0.5, 0.6) is 0 Å². The molecule has 5 heteroatoms. The minimum Gasteiger partial charge on any atom is -0.320 e. The molecule has 1 aromatic carbocycles. The molecule has 2 heterocycles. The van der Waals surface area contributed by atoms with Crippen molar-refractivity contribution in [3.05, 3.63) is 65.0 Å². The third-order valence-corrected chi connectivity index (χ3v) is 4.17. The molecule has 3 rings (SSSR count). The number of nitrogens with zero attached hydrogens (tertiary/aromatic N) is 2. The Bertz CT molecular complexity index is 740. The van der Waals surface area contributed by atoms with Crippen molar-refractivity contribution in [1.29, 1.82) is 0 Å². The van der Waals surface area contributed by atoms with Crippen LogP contribution in [0, 0.1) is 6.92 Å². The monoisotopic (exact) mass is 327 g/mol. The lowest BCUT2D eigenvalue weighted by Gasteiger charge is -2.26. The topological polar surface area (TPSA) is 45.2 Å². The molecule has 4 nitrogen and oxygen atoms in total. The van der Waals surface area contributed by atoms with Crippen LogP contribution in [0.15, 0.2) is 48.7 Å². The highest BCUT2D eigenvalue weighted by Crippen LogP contribution is 2.26. The van der Waals surface area contributed by atoms with E-state index in [1.807, 2.05) is 49.4 Å². The van der Waals surface area contributed by atoms with Crippen LogP contribution in [-0.4, -0.2) is 29.0 Å². The third kappa shape index (κ3) is 3.71. The van der Waals surface area contributed by atoms with Gasteiger partial charge in [-0.3, -0.25) is 4.98 Å². The second kappa shape index (κ2) is 6.84. The molecule has 23 heavy (non-hydrogen) atoms. The molecule has 2 aromatic rings. The van der Waals surface area contributed by atoms with Gasteiger partial charge in [0.1, 0.15) is 0 Å². The lowest BCUT2D eigenvalue weighted by atomic mass is 10.0. The molecule has 1 aromatic heterocycles. The van der Waals surface area contributed by atoms with Gasteiger partial charge in [0.2, 0.25) is 0 Å². The van der Waals surface area contributed by atoms with Crippen molar-refractivity contribution in [2.45, 2.75) is 13.3 Å². The van der Waals surface area contributed by atoms with E-state index in [9.17, 15) is 4.79 Å². The summed E-state index contributed by atoms with van der Waals surface area (Å²) in [6.07, 6.45) is 4.50. The number of hydrogen-bond donors (Lipinski definition) is 1. The van der Waals surface area contributed by atoms with E-state index in [1.165, 1.54) is 5.56 Å². The third-order valence-electron chi connectivity index (χ3n) is 3.86. The first kappa shape index (κ1) is 15.6. The largest absolute Gasteiger partial charge is 0.322 e. The number of pyridine rings is 1. The summed E-state index contributed by atoms with van der Waals surface area (Å²) in [5, 5.41) is 3.57. The zero-order valence-corrected chi connectivity index (χ0v) is 13.7. The number of carbonyl (C=O) groups excluding carboxylic acids is 1. The van der Waals surface area contributed by atoms with Gasteiger partial charge in [-0.2, -0.15) is 0 Å². The number of anilines is 1. The summed E-state index contributed by atoms with van der Waals surface area (Å²) >= 11 is 6.18. The molecular weight excluding hydrogens is 310 g/mol. The van der Waals surface area contributed by atoms with E-state index in [1.54, 1.807) is 11.1 Å². The van der Waals surface area contributed by atoms with E-state index in [-0.39, 0.29) is 6.03 Å². The molecule has 0 radical (unpaired) electrons. The highest BCUT2D eigenvalue weighted by Gasteiger charge is 2.19. The lowest BCUT2D eigenvalue weighted by molar-refractivity contribution is 0.217. The molecule has 118 valence electrons. The number of carbonyl (C=O) groups is 1. The maximum absolute atomic E-state index is 12.3. The van der Waals surface area contributed by atoms with E-state index in [0.717, 1.165) is 23.4 Å². The molecule has 0 bridgehead atoms. The average molecular weight is 328 g/mol. The van der Waals surface area contributed by atoms with E-state index >= 15 is 0 Å². The molecule has 0 unspecified atom stereocenters. The van der Waals surface area contributed by atoms with Gasteiger partial charge in [-0.1, -0.05) is 35.4 Å². The molecule has 1 aliphatic rings. The molecular formula is C18H18ClN3O. The van der Waals surface area contributed by atoms with Crippen molar-refractivity contribution in [2.24, 2.45) is 0 Å². The van der Waals surface area contributed by atoms with Crippen molar-refractivity contribution in [1.82, 2.24) is 9.88 Å². The Labute approximate surface area is 140 Å². The van der Waals surface area contributed by atoms with Gasteiger partial charge < -0.3 is 10.2 Å². The fraction of sp³-hybridized carbons (Fsp3) is 0.222. The summed E-state index contributed by atoms with van der Waals surface area (Å²) in [6, 6.07) is 11.3. The normalized spacial score (nSPS) is 14.3. The number of aryl methyl sites for hydroxylation is 1. The summed E-state index contributed by atoms with van der Waals surface area (Å²) in [4.78, 5) is 18.4. The van der Waals surface area contributed by atoms with Gasteiger partial charge in [-0.25, -0.2) is 4.79 Å². The van der Waals surface area contributed by atoms with Gasteiger partial charge in [0.25, 0.3) is 0 Å². The first-order chi connectivity index (χ1) is 11.1. The Hall–Kier alpha value is -2.33. The quantitative estimate of drug-likeness (QED) is 0.890. The summed E-state index contributed by atoms with van der Waals surface area (Å²) in [7, 11) is 0. The second-order valence-electron chi connectivity index (χ2n) is 5.56. The van der Waals surface area contributed by atoms with Crippen LogP contribution >= 0.6 is 11.6 Å². The maximum atomic E-state index is 12.3. The Balaban J connectivity index is 1.65. The van der Waals surface area contributed by atoms with Gasteiger partial charge in [0.15, 0.2) is 0 Å². The van der Waals surface area contributed by atoms with E-state index in [0.29, 0.717) is 18.1 Å².